The van der Waals surface area contributed by atoms with Crippen LogP contribution in [0.15, 0.2) is 53.4 Å². The summed E-state index contributed by atoms with van der Waals surface area (Å²) < 4.78 is 0. The number of carbonyl (C=O) groups excluding carboxylic acids is 2. The van der Waals surface area contributed by atoms with Gasteiger partial charge in [0.2, 0.25) is 5.91 Å². The van der Waals surface area contributed by atoms with E-state index < -0.39 is 4.87 Å². The zero-order chi connectivity index (χ0) is 17.7. The number of anilines is 1. The van der Waals surface area contributed by atoms with Gasteiger partial charge in [0.05, 0.1) is 11.7 Å². The third-order valence-electron chi connectivity index (χ3n) is 5.70. The van der Waals surface area contributed by atoms with Crippen LogP contribution in [-0.4, -0.2) is 16.7 Å². The number of nitrogens with one attached hydrogen (secondary N) is 1. The number of thioether (sulfide) groups is 1. The van der Waals surface area contributed by atoms with Crippen LogP contribution >= 0.6 is 11.8 Å². The third-order valence-corrected chi connectivity index (χ3v) is 7.18. The molecule has 1 N–H and O–H groups in total. The molecule has 2 heterocycles. The van der Waals surface area contributed by atoms with Crippen molar-refractivity contribution in [2.24, 2.45) is 0 Å². The number of carbonyl (C=O) groups is 2. The number of amides is 2. The summed E-state index contributed by atoms with van der Waals surface area (Å²) in [6, 6.07) is 16.2. The second-order valence-electron chi connectivity index (χ2n) is 7.20. The van der Waals surface area contributed by atoms with E-state index in [0.717, 1.165) is 29.8 Å². The maximum absolute atomic E-state index is 13.4. The second kappa shape index (κ2) is 5.88. The van der Waals surface area contributed by atoms with Crippen molar-refractivity contribution in [3.8, 4) is 0 Å². The quantitative estimate of drug-likeness (QED) is 0.882. The van der Waals surface area contributed by atoms with Crippen molar-refractivity contribution in [2.45, 2.75) is 47.9 Å². The molecule has 3 aliphatic rings. The Hall–Kier alpha value is -2.27. The van der Waals surface area contributed by atoms with Gasteiger partial charge in [-0.15, -0.1) is 0 Å². The van der Waals surface area contributed by atoms with Gasteiger partial charge in [-0.25, -0.2) is 0 Å². The normalized spacial score (nSPS) is 26.2. The van der Waals surface area contributed by atoms with Gasteiger partial charge >= 0.3 is 0 Å². The number of para-hydroxylation sites is 1. The van der Waals surface area contributed by atoms with Crippen LogP contribution in [0, 0.1) is 0 Å². The summed E-state index contributed by atoms with van der Waals surface area (Å²) in [6.07, 6.45) is 4.08. The van der Waals surface area contributed by atoms with Gasteiger partial charge in [-0.05, 0) is 48.9 Å². The van der Waals surface area contributed by atoms with Gasteiger partial charge in [0.1, 0.15) is 0 Å². The van der Waals surface area contributed by atoms with Crippen LogP contribution < -0.4 is 10.2 Å². The molecule has 0 spiro atoms. The molecule has 5 rings (SSSR count). The van der Waals surface area contributed by atoms with Crippen LogP contribution in [0.1, 0.15) is 42.9 Å². The van der Waals surface area contributed by atoms with Crippen molar-refractivity contribution in [3.05, 3.63) is 59.7 Å². The van der Waals surface area contributed by atoms with Crippen molar-refractivity contribution in [2.75, 3.05) is 4.90 Å². The summed E-state index contributed by atoms with van der Waals surface area (Å²) in [5, 5.41) is 3.28. The highest BCUT2D eigenvalue weighted by molar-refractivity contribution is 8.02. The molecule has 0 radical (unpaired) electrons. The first-order valence-corrected chi connectivity index (χ1v) is 10.0. The zero-order valence-electron chi connectivity index (χ0n) is 14.4. The van der Waals surface area contributed by atoms with Crippen molar-refractivity contribution < 1.29 is 9.59 Å². The Morgan fingerprint density at radius 3 is 2.85 bits per heavy atom. The minimum Gasteiger partial charge on any atom is -0.346 e. The molecule has 2 aliphatic heterocycles. The fraction of sp³-hybridized carbons (Fsp3) is 0.333. The zero-order valence-corrected chi connectivity index (χ0v) is 15.2. The molecule has 0 saturated carbocycles. The predicted octanol–water partition coefficient (Wildman–Crippen LogP) is 3.81. The van der Waals surface area contributed by atoms with E-state index in [0.29, 0.717) is 12.8 Å². The molecule has 1 saturated heterocycles. The monoisotopic (exact) mass is 364 g/mol. The highest BCUT2D eigenvalue weighted by Gasteiger charge is 2.57. The molecule has 2 aromatic rings. The number of hydrogen-bond donors (Lipinski definition) is 1. The number of fused-ring (bicyclic) bond motifs is 4. The second-order valence-corrected chi connectivity index (χ2v) is 8.52. The van der Waals surface area contributed by atoms with Crippen molar-refractivity contribution in [1.82, 2.24) is 5.32 Å². The van der Waals surface area contributed by atoms with Crippen molar-refractivity contribution in [3.63, 3.8) is 0 Å². The Kier molecular flexibility index (Phi) is 3.60. The average molecular weight is 364 g/mol. The van der Waals surface area contributed by atoms with Crippen molar-refractivity contribution >= 4 is 29.3 Å². The van der Waals surface area contributed by atoms with Gasteiger partial charge in [-0.2, -0.15) is 0 Å². The largest absolute Gasteiger partial charge is 0.346 e. The Morgan fingerprint density at radius 1 is 1.12 bits per heavy atom. The lowest BCUT2D eigenvalue weighted by molar-refractivity contribution is -0.125. The van der Waals surface area contributed by atoms with Gasteiger partial charge in [0.25, 0.3) is 5.91 Å². The minimum absolute atomic E-state index is 0.0312. The molecule has 1 aliphatic carbocycles. The fourth-order valence-corrected chi connectivity index (χ4v) is 5.89. The number of aryl methyl sites for hydroxylation is 1. The van der Waals surface area contributed by atoms with Gasteiger partial charge in [-0.1, -0.05) is 48.2 Å². The average Bonchev–Trinajstić information content (AvgIpc) is 3.18. The van der Waals surface area contributed by atoms with Gasteiger partial charge in [0.15, 0.2) is 4.87 Å². The molecule has 132 valence electrons. The van der Waals surface area contributed by atoms with Crippen molar-refractivity contribution in [1.29, 1.82) is 0 Å². The van der Waals surface area contributed by atoms with Crippen LogP contribution in [0.25, 0.3) is 0 Å². The highest BCUT2D eigenvalue weighted by atomic mass is 32.2. The SMILES string of the molecule is O=C1CC[C@]2(C(=O)N[C@@H]3CCCc4ccccc43)Sc3ccccc3N12. The maximum atomic E-state index is 13.4. The van der Waals surface area contributed by atoms with E-state index in [1.165, 1.54) is 22.9 Å². The summed E-state index contributed by atoms with van der Waals surface area (Å²) >= 11 is 1.53. The third kappa shape index (κ3) is 2.23. The number of benzene rings is 2. The molecule has 5 heteroatoms. The fourth-order valence-electron chi connectivity index (χ4n) is 4.47. The molecule has 1 fully saturated rings. The summed E-state index contributed by atoms with van der Waals surface area (Å²) in [4.78, 5) is 27.9. The summed E-state index contributed by atoms with van der Waals surface area (Å²) in [7, 11) is 0. The molecule has 0 aromatic heterocycles. The Balaban J connectivity index is 1.47. The summed E-state index contributed by atoms with van der Waals surface area (Å²) in [6.45, 7) is 0. The molecule has 2 atom stereocenters. The Bertz CT molecular complexity index is 912. The van der Waals surface area contributed by atoms with Gasteiger partial charge < -0.3 is 5.32 Å². The topological polar surface area (TPSA) is 49.4 Å². The molecule has 4 nitrogen and oxygen atoms in total. The maximum Gasteiger partial charge on any atom is 0.257 e. The number of hydrogen-bond acceptors (Lipinski definition) is 3. The number of rotatable bonds is 2. The number of nitrogens with zero attached hydrogens (tertiary/aromatic N) is 1. The van der Waals surface area contributed by atoms with E-state index in [4.69, 9.17) is 0 Å². The lowest BCUT2D eigenvalue weighted by Crippen LogP contribution is -2.53. The van der Waals surface area contributed by atoms with E-state index in [9.17, 15) is 9.59 Å². The smallest absolute Gasteiger partial charge is 0.257 e. The molecule has 2 amide bonds. The predicted molar refractivity (Wildman–Crippen MR) is 102 cm³/mol. The summed E-state index contributed by atoms with van der Waals surface area (Å²) in [5.74, 6) is 0.00731. The Morgan fingerprint density at radius 2 is 1.92 bits per heavy atom. The van der Waals surface area contributed by atoms with E-state index in [-0.39, 0.29) is 17.9 Å². The van der Waals surface area contributed by atoms with Crippen LogP contribution in [-0.2, 0) is 16.0 Å². The minimum atomic E-state index is -0.826. The molecule has 0 bridgehead atoms. The van der Waals surface area contributed by atoms with Gasteiger partial charge in [0, 0.05) is 11.3 Å². The first kappa shape index (κ1) is 15.9. The summed E-state index contributed by atoms with van der Waals surface area (Å²) in [5.41, 5.74) is 3.42. The van der Waals surface area contributed by atoms with Crippen LogP contribution in [0.2, 0.25) is 0 Å². The molecule has 0 unspecified atom stereocenters. The van der Waals surface area contributed by atoms with Crippen LogP contribution in [0.3, 0.4) is 0 Å². The van der Waals surface area contributed by atoms with E-state index in [2.05, 4.69) is 23.5 Å². The molecular weight excluding hydrogens is 344 g/mol. The molecule has 2 aromatic carbocycles. The van der Waals surface area contributed by atoms with E-state index in [1.807, 2.05) is 30.3 Å². The van der Waals surface area contributed by atoms with Crippen LogP contribution in [0.4, 0.5) is 5.69 Å². The van der Waals surface area contributed by atoms with Gasteiger partial charge in [-0.3, -0.25) is 14.5 Å². The first-order valence-electron chi connectivity index (χ1n) is 9.19. The lowest BCUT2D eigenvalue weighted by atomic mass is 9.87. The van der Waals surface area contributed by atoms with Crippen LogP contribution in [0.5, 0.6) is 0 Å². The molecule has 26 heavy (non-hydrogen) atoms. The standard InChI is InChI=1S/C21H20N2O2S/c24-19-12-13-21(23(19)17-10-3-4-11-18(17)26-21)20(25)22-16-9-5-7-14-6-1-2-8-15(14)16/h1-4,6,8,10-11,16H,5,7,9,12-13H2,(H,22,25)/t16-,21-/m1/s1. The lowest BCUT2D eigenvalue weighted by Gasteiger charge is -2.33. The first-order chi connectivity index (χ1) is 12.7. The molecular formula is C21H20N2O2S. The Labute approximate surface area is 157 Å². The highest BCUT2D eigenvalue weighted by Crippen LogP contribution is 2.56. The van der Waals surface area contributed by atoms with E-state index >= 15 is 0 Å². The van der Waals surface area contributed by atoms with E-state index in [1.54, 1.807) is 4.90 Å².